The molecule has 0 saturated heterocycles. The number of carbonyl (C=O) groups is 2. The Kier molecular flexibility index (Phi) is 9.53. The number of amides is 2. The van der Waals surface area contributed by atoms with Crippen LogP contribution in [0.2, 0.25) is 5.02 Å². The van der Waals surface area contributed by atoms with Gasteiger partial charge in [0.25, 0.3) is 0 Å². The lowest BCUT2D eigenvalue weighted by Crippen LogP contribution is -2.52. The van der Waals surface area contributed by atoms with Crippen molar-refractivity contribution in [1.82, 2.24) is 10.2 Å². The van der Waals surface area contributed by atoms with Crippen LogP contribution in [-0.4, -0.2) is 50.0 Å². The van der Waals surface area contributed by atoms with Gasteiger partial charge in [0, 0.05) is 17.6 Å². The van der Waals surface area contributed by atoms with E-state index >= 15 is 0 Å². The second-order valence-corrected chi connectivity index (χ2v) is 11.0. The molecule has 0 bridgehead atoms. The summed E-state index contributed by atoms with van der Waals surface area (Å²) in [5.74, 6) is -0.781. The fourth-order valence-electron chi connectivity index (χ4n) is 3.40. The number of rotatable bonds is 10. The van der Waals surface area contributed by atoms with Crippen LogP contribution in [0.25, 0.3) is 0 Å². The van der Waals surface area contributed by atoms with Crippen LogP contribution in [0.5, 0.6) is 0 Å². The fraction of sp³-hybridized carbons (Fsp3) is 0.440. The zero-order valence-corrected chi connectivity index (χ0v) is 22.2. The highest BCUT2D eigenvalue weighted by molar-refractivity contribution is 7.92. The summed E-state index contributed by atoms with van der Waals surface area (Å²) in [7, 11) is -3.81. The molecule has 0 aliphatic rings. The molecule has 2 rings (SSSR count). The normalized spacial score (nSPS) is 13.1. The molecule has 186 valence electrons. The minimum Gasteiger partial charge on any atom is -0.352 e. The van der Waals surface area contributed by atoms with Gasteiger partial charge in [0.05, 0.1) is 11.9 Å². The Morgan fingerprint density at radius 3 is 2.24 bits per heavy atom. The van der Waals surface area contributed by atoms with Gasteiger partial charge in [-0.2, -0.15) is 0 Å². The van der Waals surface area contributed by atoms with Crippen molar-refractivity contribution in [2.45, 2.75) is 59.7 Å². The Hall–Kier alpha value is -2.58. The predicted molar refractivity (Wildman–Crippen MR) is 137 cm³/mol. The highest BCUT2D eigenvalue weighted by Gasteiger charge is 2.31. The van der Waals surface area contributed by atoms with Crippen molar-refractivity contribution in [2.75, 3.05) is 17.1 Å². The minimum absolute atomic E-state index is 0.0482. The predicted octanol–water partition coefficient (Wildman–Crippen LogP) is 4.05. The van der Waals surface area contributed by atoms with Crippen LogP contribution < -0.4 is 9.62 Å². The summed E-state index contributed by atoms with van der Waals surface area (Å²) in [5, 5.41) is 3.31. The van der Waals surface area contributed by atoms with Crippen LogP contribution in [0.4, 0.5) is 5.69 Å². The monoisotopic (exact) mass is 507 g/mol. The molecule has 0 saturated carbocycles. The SMILES string of the molecule is CC[C@@H](C)NC(=O)[C@@H](C)N(Cc1ccc(C)cc1)C(=O)CN(c1cccc(Cl)c1C)S(C)(=O)=O. The highest BCUT2D eigenvalue weighted by Crippen LogP contribution is 2.28. The summed E-state index contributed by atoms with van der Waals surface area (Å²) in [6, 6.07) is 11.7. The summed E-state index contributed by atoms with van der Waals surface area (Å²) in [5.41, 5.74) is 2.79. The van der Waals surface area contributed by atoms with Gasteiger partial charge >= 0.3 is 0 Å². The second kappa shape index (κ2) is 11.7. The van der Waals surface area contributed by atoms with Crippen LogP contribution in [0.3, 0.4) is 0 Å². The van der Waals surface area contributed by atoms with Gasteiger partial charge in [0.15, 0.2) is 0 Å². The van der Waals surface area contributed by atoms with Gasteiger partial charge in [-0.25, -0.2) is 8.42 Å². The summed E-state index contributed by atoms with van der Waals surface area (Å²) in [4.78, 5) is 27.9. The van der Waals surface area contributed by atoms with Crippen molar-refractivity contribution in [2.24, 2.45) is 0 Å². The second-order valence-electron chi connectivity index (χ2n) is 8.65. The van der Waals surface area contributed by atoms with Gasteiger partial charge in [-0.15, -0.1) is 0 Å². The number of aryl methyl sites for hydroxylation is 1. The molecule has 0 heterocycles. The van der Waals surface area contributed by atoms with E-state index in [0.29, 0.717) is 16.3 Å². The zero-order chi connectivity index (χ0) is 25.6. The third-order valence-electron chi connectivity index (χ3n) is 5.83. The number of hydrogen-bond acceptors (Lipinski definition) is 4. The number of halogens is 1. The molecule has 0 unspecified atom stereocenters. The number of carbonyl (C=O) groups excluding carboxylic acids is 2. The third kappa shape index (κ3) is 7.21. The Bertz CT molecular complexity index is 1120. The lowest BCUT2D eigenvalue weighted by molar-refractivity contribution is -0.139. The van der Waals surface area contributed by atoms with Gasteiger partial charge < -0.3 is 10.2 Å². The van der Waals surface area contributed by atoms with E-state index in [1.54, 1.807) is 32.0 Å². The number of nitrogens with one attached hydrogen (secondary N) is 1. The molecule has 34 heavy (non-hydrogen) atoms. The maximum Gasteiger partial charge on any atom is 0.244 e. The van der Waals surface area contributed by atoms with E-state index in [2.05, 4.69) is 5.32 Å². The van der Waals surface area contributed by atoms with Crippen molar-refractivity contribution in [3.05, 3.63) is 64.2 Å². The molecule has 7 nitrogen and oxygen atoms in total. The number of hydrogen-bond donors (Lipinski definition) is 1. The number of sulfonamides is 1. The lowest BCUT2D eigenvalue weighted by atomic mass is 10.1. The zero-order valence-electron chi connectivity index (χ0n) is 20.6. The van der Waals surface area contributed by atoms with E-state index in [1.807, 2.05) is 45.0 Å². The Labute approximate surface area is 208 Å². The molecule has 2 atom stereocenters. The van der Waals surface area contributed by atoms with Crippen molar-refractivity contribution in [3.63, 3.8) is 0 Å². The fourth-order valence-corrected chi connectivity index (χ4v) is 4.47. The summed E-state index contributed by atoms with van der Waals surface area (Å²) in [6.45, 7) is 8.89. The third-order valence-corrected chi connectivity index (χ3v) is 7.36. The molecule has 0 spiro atoms. The molecule has 0 aliphatic heterocycles. The highest BCUT2D eigenvalue weighted by atomic mass is 35.5. The first-order valence-electron chi connectivity index (χ1n) is 11.2. The quantitative estimate of drug-likeness (QED) is 0.525. The summed E-state index contributed by atoms with van der Waals surface area (Å²) < 4.78 is 26.4. The maximum absolute atomic E-state index is 13.5. The summed E-state index contributed by atoms with van der Waals surface area (Å²) in [6.07, 6.45) is 1.80. The van der Waals surface area contributed by atoms with E-state index in [4.69, 9.17) is 11.6 Å². The molecule has 0 aromatic heterocycles. The van der Waals surface area contributed by atoms with Crippen molar-refractivity contribution in [3.8, 4) is 0 Å². The molecule has 2 aromatic rings. The van der Waals surface area contributed by atoms with E-state index < -0.39 is 28.5 Å². The molecule has 2 aromatic carbocycles. The van der Waals surface area contributed by atoms with E-state index in [0.717, 1.165) is 28.1 Å². The molecule has 0 radical (unpaired) electrons. The lowest BCUT2D eigenvalue weighted by Gasteiger charge is -2.32. The van der Waals surface area contributed by atoms with E-state index in [1.165, 1.54) is 4.90 Å². The van der Waals surface area contributed by atoms with Crippen LogP contribution in [-0.2, 0) is 26.2 Å². The maximum atomic E-state index is 13.5. The average Bonchev–Trinajstić information content (AvgIpc) is 2.77. The van der Waals surface area contributed by atoms with E-state index in [-0.39, 0.29) is 18.5 Å². The number of nitrogens with zero attached hydrogens (tertiary/aromatic N) is 2. The van der Waals surface area contributed by atoms with Gasteiger partial charge in [0.2, 0.25) is 21.8 Å². The Balaban J connectivity index is 2.42. The van der Waals surface area contributed by atoms with Gasteiger partial charge in [0.1, 0.15) is 12.6 Å². The molecule has 0 aliphatic carbocycles. The standard InChI is InChI=1S/C25H34ClN3O4S/c1-7-18(3)27-25(31)20(5)28(15-21-13-11-17(2)12-14-21)24(30)16-29(34(6,32)33)23-10-8-9-22(26)19(23)4/h8-14,18,20H,7,15-16H2,1-6H3,(H,27,31)/t18-,20-/m1/s1. The van der Waals surface area contributed by atoms with Crippen molar-refractivity contribution < 1.29 is 18.0 Å². The Morgan fingerprint density at radius 1 is 1.06 bits per heavy atom. The van der Waals surface area contributed by atoms with Crippen LogP contribution in [0, 0.1) is 13.8 Å². The molecule has 2 amide bonds. The van der Waals surface area contributed by atoms with Crippen LogP contribution >= 0.6 is 11.6 Å². The molecule has 1 N–H and O–H groups in total. The topological polar surface area (TPSA) is 86.8 Å². The van der Waals surface area contributed by atoms with Gasteiger partial charge in [-0.1, -0.05) is 54.4 Å². The summed E-state index contributed by atoms with van der Waals surface area (Å²) >= 11 is 6.21. The van der Waals surface area contributed by atoms with Crippen LogP contribution in [0.1, 0.15) is 43.9 Å². The van der Waals surface area contributed by atoms with Gasteiger partial charge in [-0.05, 0) is 57.4 Å². The van der Waals surface area contributed by atoms with Crippen molar-refractivity contribution in [1.29, 1.82) is 0 Å². The first kappa shape index (κ1) is 27.7. The molecule has 9 heteroatoms. The smallest absolute Gasteiger partial charge is 0.244 e. The van der Waals surface area contributed by atoms with E-state index in [9.17, 15) is 18.0 Å². The average molecular weight is 508 g/mol. The molecule has 0 fully saturated rings. The van der Waals surface area contributed by atoms with Crippen molar-refractivity contribution >= 4 is 39.1 Å². The molecular weight excluding hydrogens is 474 g/mol. The first-order chi connectivity index (χ1) is 15.8. The van der Waals surface area contributed by atoms with Crippen LogP contribution in [0.15, 0.2) is 42.5 Å². The molecular formula is C25H34ClN3O4S. The minimum atomic E-state index is -3.81. The number of anilines is 1. The number of benzene rings is 2. The first-order valence-corrected chi connectivity index (χ1v) is 13.5. The van der Waals surface area contributed by atoms with Gasteiger partial charge in [-0.3, -0.25) is 13.9 Å². The Morgan fingerprint density at radius 2 is 1.68 bits per heavy atom. The largest absolute Gasteiger partial charge is 0.352 e.